The lowest BCUT2D eigenvalue weighted by Crippen LogP contribution is -2.33. The van der Waals surface area contributed by atoms with Crippen molar-refractivity contribution in [2.24, 2.45) is 0 Å². The smallest absolute Gasteiger partial charge is 0.228 e. The van der Waals surface area contributed by atoms with Gasteiger partial charge in [0.05, 0.1) is 14.2 Å². The largest absolute Gasteiger partial charge is 0.495 e. The van der Waals surface area contributed by atoms with Crippen molar-refractivity contribution < 1.29 is 14.3 Å². The minimum atomic E-state index is 0.106. The standard InChI is InChI=1S/C24H31N3O3S2/c1-26(2)15-9-16-27(21(28)12-8-17-31-18-10-6-5-7-11-18)24-25-22-19(29-3)13-14-20(30-4)23(22)32-24/h5-7,10-11,13-14H,8-9,12,15-17H2,1-4H3. The van der Waals surface area contributed by atoms with Crippen LogP contribution < -0.4 is 14.4 Å². The maximum Gasteiger partial charge on any atom is 0.228 e. The molecule has 0 unspecified atom stereocenters. The lowest BCUT2D eigenvalue weighted by molar-refractivity contribution is -0.118. The van der Waals surface area contributed by atoms with Crippen molar-refractivity contribution in [2.75, 3.05) is 52.1 Å². The molecule has 1 heterocycles. The number of aromatic nitrogens is 1. The van der Waals surface area contributed by atoms with E-state index in [1.807, 2.05) is 49.3 Å². The number of anilines is 1. The Kier molecular flexibility index (Phi) is 9.20. The Hall–Kier alpha value is -2.29. The second kappa shape index (κ2) is 12.1. The number of fused-ring (bicyclic) bond motifs is 1. The predicted molar refractivity (Wildman–Crippen MR) is 135 cm³/mol. The molecule has 32 heavy (non-hydrogen) atoms. The lowest BCUT2D eigenvalue weighted by atomic mass is 10.3. The number of hydrogen-bond donors (Lipinski definition) is 0. The molecule has 3 rings (SSSR count). The molecule has 0 saturated carbocycles. The van der Waals surface area contributed by atoms with E-state index >= 15 is 0 Å². The zero-order valence-electron chi connectivity index (χ0n) is 19.2. The third kappa shape index (κ3) is 6.37. The van der Waals surface area contributed by atoms with Gasteiger partial charge in [0.25, 0.3) is 0 Å². The molecule has 1 amide bonds. The number of nitrogens with zero attached hydrogens (tertiary/aromatic N) is 3. The highest BCUT2D eigenvalue weighted by molar-refractivity contribution is 7.99. The summed E-state index contributed by atoms with van der Waals surface area (Å²) in [5.74, 6) is 2.44. The Morgan fingerprint density at radius 3 is 2.41 bits per heavy atom. The first kappa shape index (κ1) is 24.4. The summed E-state index contributed by atoms with van der Waals surface area (Å²) in [5.41, 5.74) is 0.733. The van der Waals surface area contributed by atoms with Gasteiger partial charge >= 0.3 is 0 Å². The highest BCUT2D eigenvalue weighted by Crippen LogP contribution is 2.40. The molecular weight excluding hydrogens is 442 g/mol. The topological polar surface area (TPSA) is 54.9 Å². The zero-order valence-corrected chi connectivity index (χ0v) is 20.8. The third-order valence-electron chi connectivity index (χ3n) is 4.96. The number of thioether (sulfide) groups is 1. The van der Waals surface area contributed by atoms with Crippen molar-refractivity contribution in [3.05, 3.63) is 42.5 Å². The number of hydrogen-bond acceptors (Lipinski definition) is 7. The van der Waals surface area contributed by atoms with Crippen LogP contribution in [-0.4, -0.2) is 62.9 Å². The fourth-order valence-electron chi connectivity index (χ4n) is 3.33. The normalized spacial score (nSPS) is 11.2. The Morgan fingerprint density at radius 2 is 1.72 bits per heavy atom. The fourth-order valence-corrected chi connectivity index (χ4v) is 5.32. The van der Waals surface area contributed by atoms with Crippen LogP contribution in [0.15, 0.2) is 47.4 Å². The van der Waals surface area contributed by atoms with Crippen molar-refractivity contribution in [1.82, 2.24) is 9.88 Å². The molecule has 0 saturated heterocycles. The number of amides is 1. The van der Waals surface area contributed by atoms with E-state index in [1.165, 1.54) is 16.2 Å². The molecule has 0 aliphatic carbocycles. The van der Waals surface area contributed by atoms with Gasteiger partial charge < -0.3 is 14.4 Å². The Balaban J connectivity index is 1.75. The van der Waals surface area contributed by atoms with Gasteiger partial charge in [0.2, 0.25) is 5.91 Å². The fraction of sp³-hybridized carbons (Fsp3) is 0.417. The van der Waals surface area contributed by atoms with Crippen molar-refractivity contribution in [1.29, 1.82) is 0 Å². The summed E-state index contributed by atoms with van der Waals surface area (Å²) in [5, 5.41) is 0.697. The van der Waals surface area contributed by atoms with Crippen molar-refractivity contribution >= 4 is 44.4 Å². The molecule has 6 nitrogen and oxygen atoms in total. The summed E-state index contributed by atoms with van der Waals surface area (Å²) >= 11 is 3.26. The minimum absolute atomic E-state index is 0.106. The van der Waals surface area contributed by atoms with Gasteiger partial charge in [-0.2, -0.15) is 0 Å². The predicted octanol–water partition coefficient (Wildman–Crippen LogP) is 5.17. The second-order valence-corrected chi connectivity index (χ2v) is 9.76. The first-order valence-electron chi connectivity index (χ1n) is 10.7. The maximum absolute atomic E-state index is 13.2. The number of carbonyl (C=O) groups is 1. The van der Waals surface area contributed by atoms with E-state index in [0.717, 1.165) is 41.1 Å². The van der Waals surface area contributed by atoms with E-state index in [1.54, 1.807) is 26.0 Å². The monoisotopic (exact) mass is 473 g/mol. The number of benzene rings is 2. The molecule has 0 aliphatic heterocycles. The van der Waals surface area contributed by atoms with Crippen molar-refractivity contribution in [2.45, 2.75) is 24.2 Å². The molecule has 172 valence electrons. The van der Waals surface area contributed by atoms with Crippen LogP contribution in [-0.2, 0) is 4.79 Å². The second-order valence-electron chi connectivity index (χ2n) is 7.61. The van der Waals surface area contributed by atoms with E-state index < -0.39 is 0 Å². The van der Waals surface area contributed by atoms with Gasteiger partial charge in [-0.25, -0.2) is 4.98 Å². The van der Waals surface area contributed by atoms with E-state index in [0.29, 0.717) is 23.8 Å². The summed E-state index contributed by atoms with van der Waals surface area (Å²) < 4.78 is 11.9. The SMILES string of the molecule is COc1ccc(OC)c2sc(N(CCCN(C)C)C(=O)CCCSc3ccccc3)nc12. The molecule has 0 spiro atoms. The van der Waals surface area contributed by atoms with Gasteiger partial charge in [0.1, 0.15) is 21.7 Å². The molecule has 0 bridgehead atoms. The van der Waals surface area contributed by atoms with Crippen molar-refractivity contribution in [3.63, 3.8) is 0 Å². The highest BCUT2D eigenvalue weighted by Gasteiger charge is 2.22. The minimum Gasteiger partial charge on any atom is -0.495 e. The van der Waals surface area contributed by atoms with Gasteiger partial charge in [-0.05, 0) is 63.5 Å². The van der Waals surface area contributed by atoms with Crippen LogP contribution in [0.3, 0.4) is 0 Å². The number of ether oxygens (including phenoxy) is 2. The van der Waals surface area contributed by atoms with Crippen LogP contribution in [0.25, 0.3) is 10.2 Å². The summed E-state index contributed by atoms with van der Waals surface area (Å²) in [4.78, 5) is 23.2. The molecule has 0 aliphatic rings. The summed E-state index contributed by atoms with van der Waals surface area (Å²) in [6.07, 6.45) is 2.19. The van der Waals surface area contributed by atoms with Crippen LogP contribution >= 0.6 is 23.1 Å². The molecule has 0 fully saturated rings. The number of rotatable bonds is 12. The quantitative estimate of drug-likeness (QED) is 0.267. The molecule has 0 radical (unpaired) electrons. The van der Waals surface area contributed by atoms with Gasteiger partial charge in [0, 0.05) is 17.9 Å². The van der Waals surface area contributed by atoms with Gasteiger partial charge in [-0.1, -0.05) is 29.5 Å². The summed E-state index contributed by atoms with van der Waals surface area (Å²) in [6.45, 7) is 1.54. The van der Waals surface area contributed by atoms with E-state index in [-0.39, 0.29) is 5.91 Å². The molecule has 2 aromatic carbocycles. The Morgan fingerprint density at radius 1 is 1.00 bits per heavy atom. The number of carbonyl (C=O) groups excluding carboxylic acids is 1. The Bertz CT molecular complexity index is 967. The average Bonchev–Trinajstić information content (AvgIpc) is 3.24. The molecule has 8 heteroatoms. The number of thiazole rings is 1. The highest BCUT2D eigenvalue weighted by atomic mass is 32.2. The summed E-state index contributed by atoms with van der Waals surface area (Å²) in [6, 6.07) is 14.0. The number of methoxy groups -OCH3 is 2. The van der Waals surface area contributed by atoms with Gasteiger partial charge in [-0.15, -0.1) is 11.8 Å². The molecule has 0 N–H and O–H groups in total. The molecule has 0 atom stereocenters. The Labute approximate surface area is 198 Å². The average molecular weight is 474 g/mol. The molecular formula is C24H31N3O3S2. The van der Waals surface area contributed by atoms with E-state index in [2.05, 4.69) is 17.0 Å². The van der Waals surface area contributed by atoms with E-state index in [4.69, 9.17) is 14.5 Å². The van der Waals surface area contributed by atoms with E-state index in [9.17, 15) is 4.79 Å². The van der Waals surface area contributed by atoms with Crippen LogP contribution in [0.2, 0.25) is 0 Å². The maximum atomic E-state index is 13.2. The molecule has 3 aromatic rings. The van der Waals surface area contributed by atoms with Crippen LogP contribution in [0.1, 0.15) is 19.3 Å². The van der Waals surface area contributed by atoms with Crippen LogP contribution in [0, 0.1) is 0 Å². The van der Waals surface area contributed by atoms with Gasteiger partial charge in [0.15, 0.2) is 5.13 Å². The zero-order chi connectivity index (χ0) is 22.9. The third-order valence-corrected chi connectivity index (χ3v) is 7.16. The van der Waals surface area contributed by atoms with Gasteiger partial charge in [-0.3, -0.25) is 9.69 Å². The van der Waals surface area contributed by atoms with Crippen LogP contribution in [0.5, 0.6) is 11.5 Å². The lowest BCUT2D eigenvalue weighted by Gasteiger charge is -2.21. The van der Waals surface area contributed by atoms with Crippen molar-refractivity contribution in [3.8, 4) is 11.5 Å². The molecule has 1 aromatic heterocycles. The first-order valence-corrected chi connectivity index (χ1v) is 12.5. The first-order chi connectivity index (χ1) is 15.5. The van der Waals surface area contributed by atoms with Crippen LogP contribution in [0.4, 0.5) is 5.13 Å². The summed E-state index contributed by atoms with van der Waals surface area (Å²) in [7, 11) is 7.36.